The van der Waals surface area contributed by atoms with Gasteiger partial charge in [-0.2, -0.15) is 0 Å². The third kappa shape index (κ3) is 3.14. The minimum absolute atomic E-state index is 0.00552. The number of fused-ring (bicyclic) bond motifs is 1. The van der Waals surface area contributed by atoms with Crippen molar-refractivity contribution in [3.63, 3.8) is 0 Å². The van der Waals surface area contributed by atoms with Crippen molar-refractivity contribution in [3.05, 3.63) is 48.0 Å². The fourth-order valence-corrected chi connectivity index (χ4v) is 2.26. The maximum atomic E-state index is 10.5. The van der Waals surface area contributed by atoms with Gasteiger partial charge in [-0.1, -0.05) is 63.2 Å². The Morgan fingerprint density at radius 3 is 2.37 bits per heavy atom. The quantitative estimate of drug-likeness (QED) is 0.882. The van der Waals surface area contributed by atoms with Crippen LogP contribution in [-0.2, 0) is 0 Å². The largest absolute Gasteiger partial charge is 0.388 e. The number of benzene rings is 2. The van der Waals surface area contributed by atoms with E-state index in [0.29, 0.717) is 6.42 Å². The molecular weight excluding hydrogens is 234 g/mol. The Morgan fingerprint density at radius 2 is 1.68 bits per heavy atom. The Kier molecular flexibility index (Phi) is 3.93. The molecule has 102 valence electrons. The van der Waals surface area contributed by atoms with Gasteiger partial charge in [0.2, 0.25) is 0 Å². The van der Waals surface area contributed by atoms with E-state index >= 15 is 0 Å². The smallest absolute Gasteiger partial charge is 0.0811 e. The van der Waals surface area contributed by atoms with Crippen LogP contribution >= 0.6 is 0 Å². The second-order valence-electron chi connectivity index (χ2n) is 6.29. The Balaban J connectivity index is 2.29. The van der Waals surface area contributed by atoms with Gasteiger partial charge in [0.1, 0.15) is 0 Å². The summed E-state index contributed by atoms with van der Waals surface area (Å²) >= 11 is 0. The van der Waals surface area contributed by atoms with E-state index in [1.165, 1.54) is 0 Å². The molecule has 0 spiro atoms. The van der Waals surface area contributed by atoms with Crippen molar-refractivity contribution in [2.75, 3.05) is 0 Å². The lowest BCUT2D eigenvalue weighted by Gasteiger charge is -2.29. The molecule has 0 radical (unpaired) electrons. The minimum atomic E-state index is -0.514. The van der Waals surface area contributed by atoms with Crippen LogP contribution in [0.25, 0.3) is 10.8 Å². The predicted molar refractivity (Wildman–Crippen MR) is 81.0 cm³/mol. The number of hydrogen-bond acceptors (Lipinski definition) is 2. The van der Waals surface area contributed by atoms with E-state index in [2.05, 4.69) is 39.0 Å². The summed E-state index contributed by atoms with van der Waals surface area (Å²) in [5.41, 5.74) is 7.15. The van der Waals surface area contributed by atoms with Crippen molar-refractivity contribution in [1.29, 1.82) is 0 Å². The first-order valence-corrected chi connectivity index (χ1v) is 6.81. The van der Waals surface area contributed by atoms with Crippen LogP contribution in [0.4, 0.5) is 0 Å². The van der Waals surface area contributed by atoms with Crippen molar-refractivity contribution in [2.45, 2.75) is 39.3 Å². The zero-order valence-electron chi connectivity index (χ0n) is 11.9. The lowest BCUT2D eigenvalue weighted by atomic mass is 9.82. The third-order valence-corrected chi connectivity index (χ3v) is 3.77. The molecule has 2 heteroatoms. The number of aliphatic hydroxyl groups excluding tert-OH is 1. The molecule has 2 atom stereocenters. The van der Waals surface area contributed by atoms with E-state index in [0.717, 1.165) is 16.3 Å². The van der Waals surface area contributed by atoms with Gasteiger partial charge in [0.15, 0.2) is 0 Å². The molecule has 0 bridgehead atoms. The number of nitrogens with two attached hydrogens (primary N) is 1. The second kappa shape index (κ2) is 5.32. The lowest BCUT2D eigenvalue weighted by molar-refractivity contribution is 0.134. The highest BCUT2D eigenvalue weighted by Crippen LogP contribution is 2.30. The minimum Gasteiger partial charge on any atom is -0.388 e. The molecule has 3 N–H and O–H groups in total. The first kappa shape index (κ1) is 14.0. The average molecular weight is 257 g/mol. The molecule has 0 aliphatic carbocycles. The Hall–Kier alpha value is -1.38. The van der Waals surface area contributed by atoms with Crippen molar-refractivity contribution < 1.29 is 5.11 Å². The number of aliphatic hydroxyl groups is 1. The molecular formula is C17H23NO. The fraction of sp³-hybridized carbons (Fsp3) is 0.412. The summed E-state index contributed by atoms with van der Waals surface area (Å²) in [6.07, 6.45) is 0.0673. The summed E-state index contributed by atoms with van der Waals surface area (Å²) in [6.45, 7) is 6.31. The number of rotatable bonds is 3. The molecule has 0 aliphatic rings. The van der Waals surface area contributed by atoms with Crippen LogP contribution in [0.5, 0.6) is 0 Å². The standard InChI is InChI=1S/C17H23NO/c1-17(2,3)16(18)11-15(19)14-10-6-8-12-7-4-5-9-13(12)14/h4-10,15-16,19H,11,18H2,1-3H3/t15-,16-/m0/s1. The summed E-state index contributed by atoms with van der Waals surface area (Å²) in [7, 11) is 0. The molecule has 0 aliphatic heterocycles. The molecule has 2 aromatic rings. The zero-order valence-corrected chi connectivity index (χ0v) is 11.9. The summed E-state index contributed by atoms with van der Waals surface area (Å²) in [5.74, 6) is 0. The molecule has 0 saturated carbocycles. The molecule has 2 nitrogen and oxygen atoms in total. The molecule has 0 heterocycles. The van der Waals surface area contributed by atoms with Crippen molar-refractivity contribution >= 4 is 10.8 Å². The van der Waals surface area contributed by atoms with Crippen molar-refractivity contribution in [1.82, 2.24) is 0 Å². The Labute approximate surface area is 115 Å². The Bertz CT molecular complexity index is 551. The average Bonchev–Trinajstić information content (AvgIpc) is 2.36. The molecule has 0 aromatic heterocycles. The zero-order chi connectivity index (χ0) is 14.0. The normalized spacial score (nSPS) is 15.4. The third-order valence-electron chi connectivity index (χ3n) is 3.77. The highest BCUT2D eigenvalue weighted by atomic mass is 16.3. The molecule has 0 unspecified atom stereocenters. The van der Waals surface area contributed by atoms with Gasteiger partial charge in [0, 0.05) is 6.04 Å². The van der Waals surface area contributed by atoms with Gasteiger partial charge >= 0.3 is 0 Å². The van der Waals surface area contributed by atoms with Crippen LogP contribution in [0.3, 0.4) is 0 Å². The SMILES string of the molecule is CC(C)(C)[C@@H](N)C[C@H](O)c1cccc2ccccc12. The summed E-state index contributed by atoms with van der Waals surface area (Å²) in [5, 5.41) is 12.7. The molecule has 2 aromatic carbocycles. The van der Waals surface area contributed by atoms with Crippen LogP contribution < -0.4 is 5.73 Å². The summed E-state index contributed by atoms with van der Waals surface area (Å²) in [6, 6.07) is 14.1. The van der Waals surface area contributed by atoms with E-state index in [4.69, 9.17) is 5.73 Å². The van der Waals surface area contributed by atoms with Gasteiger partial charge in [-0.15, -0.1) is 0 Å². The number of hydrogen-bond donors (Lipinski definition) is 2. The van der Waals surface area contributed by atoms with Crippen LogP contribution in [0.15, 0.2) is 42.5 Å². The maximum absolute atomic E-state index is 10.5. The first-order chi connectivity index (χ1) is 8.89. The molecule has 0 saturated heterocycles. The summed E-state index contributed by atoms with van der Waals surface area (Å²) in [4.78, 5) is 0. The van der Waals surface area contributed by atoms with Gasteiger partial charge in [0.05, 0.1) is 6.10 Å². The van der Waals surface area contributed by atoms with Crippen molar-refractivity contribution in [2.24, 2.45) is 11.1 Å². The molecule has 0 fully saturated rings. The Morgan fingerprint density at radius 1 is 1.05 bits per heavy atom. The van der Waals surface area contributed by atoms with Crippen molar-refractivity contribution in [3.8, 4) is 0 Å². The maximum Gasteiger partial charge on any atom is 0.0811 e. The van der Waals surface area contributed by atoms with Crippen LogP contribution in [0.1, 0.15) is 38.9 Å². The van der Waals surface area contributed by atoms with E-state index < -0.39 is 6.10 Å². The summed E-state index contributed by atoms with van der Waals surface area (Å²) < 4.78 is 0. The van der Waals surface area contributed by atoms with Gasteiger partial charge < -0.3 is 10.8 Å². The van der Waals surface area contributed by atoms with E-state index in [1.807, 2.05) is 24.3 Å². The van der Waals surface area contributed by atoms with E-state index in [-0.39, 0.29) is 11.5 Å². The highest BCUT2D eigenvalue weighted by molar-refractivity contribution is 5.85. The van der Waals surface area contributed by atoms with Gasteiger partial charge in [-0.25, -0.2) is 0 Å². The van der Waals surface area contributed by atoms with Crippen LogP contribution in [0, 0.1) is 5.41 Å². The van der Waals surface area contributed by atoms with E-state index in [9.17, 15) is 5.11 Å². The highest BCUT2D eigenvalue weighted by Gasteiger charge is 2.24. The molecule has 2 rings (SSSR count). The fourth-order valence-electron chi connectivity index (χ4n) is 2.26. The lowest BCUT2D eigenvalue weighted by Crippen LogP contribution is -2.36. The topological polar surface area (TPSA) is 46.2 Å². The van der Waals surface area contributed by atoms with Crippen LogP contribution in [0.2, 0.25) is 0 Å². The van der Waals surface area contributed by atoms with Gasteiger partial charge in [0.25, 0.3) is 0 Å². The predicted octanol–water partition coefficient (Wildman–Crippen LogP) is 3.64. The van der Waals surface area contributed by atoms with E-state index in [1.54, 1.807) is 0 Å². The molecule has 19 heavy (non-hydrogen) atoms. The first-order valence-electron chi connectivity index (χ1n) is 6.81. The van der Waals surface area contributed by atoms with Gasteiger partial charge in [-0.3, -0.25) is 0 Å². The van der Waals surface area contributed by atoms with Crippen LogP contribution in [-0.4, -0.2) is 11.1 Å². The van der Waals surface area contributed by atoms with Gasteiger partial charge in [-0.05, 0) is 28.2 Å². The monoisotopic (exact) mass is 257 g/mol. The molecule has 0 amide bonds. The second-order valence-corrected chi connectivity index (χ2v) is 6.29.